The average molecular weight is 423 g/mol. The standard InChI is InChI=1S/C25H31FN4O/c1-25(2,3)20-12-11-19(15-22(20)31)30-16-21(27)24(29-13-5-4-6-14-29)23(28-30)17-7-9-18(26)10-8-17/h7-12,15-16,28,31H,4-6,13-14,27H2,1-3H3. The van der Waals surface area contributed by atoms with Crippen LogP contribution >= 0.6 is 0 Å². The highest BCUT2D eigenvalue weighted by molar-refractivity contribution is 5.75. The lowest BCUT2D eigenvalue weighted by molar-refractivity contribution is 0.288. The SMILES string of the molecule is CC(C)(C)c1ccc(N2C=C(N)C(N3CCCCC3)=C(c3ccc(F)cc3)N2)cc1O. The monoisotopic (exact) mass is 422 g/mol. The molecule has 0 bridgehead atoms. The number of nitrogens with two attached hydrogens (primary N) is 1. The third-order valence-corrected chi connectivity index (χ3v) is 5.88. The Morgan fingerprint density at radius 2 is 1.68 bits per heavy atom. The first-order valence-electron chi connectivity index (χ1n) is 10.9. The Hall–Kier alpha value is -3.15. The number of hydrogen-bond acceptors (Lipinski definition) is 5. The molecule has 0 radical (unpaired) electrons. The topological polar surface area (TPSA) is 64.8 Å². The summed E-state index contributed by atoms with van der Waals surface area (Å²) in [6.45, 7) is 8.09. The molecule has 0 saturated carbocycles. The van der Waals surface area contributed by atoms with Crippen LogP contribution in [0, 0.1) is 5.82 Å². The summed E-state index contributed by atoms with van der Waals surface area (Å²) >= 11 is 0. The molecule has 1 fully saturated rings. The number of anilines is 1. The van der Waals surface area contributed by atoms with Gasteiger partial charge in [0.15, 0.2) is 0 Å². The smallest absolute Gasteiger partial charge is 0.123 e. The summed E-state index contributed by atoms with van der Waals surface area (Å²) in [7, 11) is 0. The van der Waals surface area contributed by atoms with Gasteiger partial charge in [-0.3, -0.25) is 10.4 Å². The second-order valence-corrected chi connectivity index (χ2v) is 9.30. The van der Waals surface area contributed by atoms with E-state index in [1.165, 1.54) is 18.6 Å². The van der Waals surface area contributed by atoms with Crippen molar-refractivity contribution < 1.29 is 9.50 Å². The average Bonchev–Trinajstić information content (AvgIpc) is 2.73. The van der Waals surface area contributed by atoms with Gasteiger partial charge in [0.25, 0.3) is 0 Å². The number of phenols is 1. The first-order chi connectivity index (χ1) is 14.7. The molecule has 4 N–H and O–H groups in total. The summed E-state index contributed by atoms with van der Waals surface area (Å²) in [4.78, 5) is 2.30. The molecule has 2 aromatic carbocycles. The number of phenolic OH excluding ortho intramolecular Hbond substituents is 1. The number of hydrogen-bond donors (Lipinski definition) is 3. The largest absolute Gasteiger partial charge is 0.508 e. The Labute approximate surface area is 183 Å². The van der Waals surface area contributed by atoms with E-state index in [4.69, 9.17) is 5.73 Å². The maximum absolute atomic E-state index is 13.6. The first-order valence-corrected chi connectivity index (χ1v) is 10.9. The Kier molecular flexibility index (Phi) is 5.56. The van der Waals surface area contributed by atoms with E-state index >= 15 is 0 Å². The maximum atomic E-state index is 13.6. The lowest BCUT2D eigenvalue weighted by atomic mass is 9.86. The van der Waals surface area contributed by atoms with E-state index in [-0.39, 0.29) is 17.0 Å². The summed E-state index contributed by atoms with van der Waals surface area (Å²) in [5, 5.41) is 12.4. The molecule has 0 aromatic heterocycles. The highest BCUT2D eigenvalue weighted by Crippen LogP contribution is 2.36. The molecule has 164 valence electrons. The van der Waals surface area contributed by atoms with Gasteiger partial charge >= 0.3 is 0 Å². The Morgan fingerprint density at radius 1 is 1.00 bits per heavy atom. The molecule has 4 rings (SSSR count). The third-order valence-electron chi connectivity index (χ3n) is 5.88. The van der Waals surface area contributed by atoms with E-state index in [0.717, 1.165) is 54.1 Å². The molecule has 0 unspecified atom stereocenters. The molecule has 2 heterocycles. The van der Waals surface area contributed by atoms with Gasteiger partial charge in [0, 0.05) is 24.7 Å². The summed E-state index contributed by atoms with van der Waals surface area (Å²) in [6, 6.07) is 12.1. The predicted octanol–water partition coefficient (Wildman–Crippen LogP) is 4.81. The van der Waals surface area contributed by atoms with E-state index in [9.17, 15) is 9.50 Å². The molecular weight excluding hydrogens is 391 g/mol. The Bertz CT molecular complexity index is 1010. The van der Waals surface area contributed by atoms with Gasteiger partial charge in [-0.1, -0.05) is 26.8 Å². The number of rotatable bonds is 3. The highest BCUT2D eigenvalue weighted by atomic mass is 19.1. The summed E-state index contributed by atoms with van der Waals surface area (Å²) in [5.74, 6) is -0.0318. The number of halogens is 1. The van der Waals surface area contributed by atoms with Crippen molar-refractivity contribution in [2.75, 3.05) is 18.1 Å². The zero-order valence-electron chi connectivity index (χ0n) is 18.5. The van der Waals surface area contributed by atoms with Gasteiger partial charge in [-0.05, 0) is 60.6 Å². The Balaban J connectivity index is 1.74. The van der Waals surface area contributed by atoms with Crippen molar-refractivity contribution in [2.45, 2.75) is 45.4 Å². The zero-order chi connectivity index (χ0) is 22.2. The minimum Gasteiger partial charge on any atom is -0.508 e. The van der Waals surface area contributed by atoms with E-state index in [2.05, 4.69) is 31.1 Å². The van der Waals surface area contributed by atoms with Crippen LogP contribution in [0.15, 0.2) is 60.1 Å². The number of nitrogens with one attached hydrogen (secondary N) is 1. The fraction of sp³-hybridized carbons (Fsp3) is 0.360. The lowest BCUT2D eigenvalue weighted by Crippen LogP contribution is -2.42. The van der Waals surface area contributed by atoms with Crippen molar-refractivity contribution in [3.63, 3.8) is 0 Å². The minimum absolute atomic E-state index is 0.159. The van der Waals surface area contributed by atoms with Gasteiger partial charge in [0.1, 0.15) is 11.6 Å². The molecule has 6 heteroatoms. The molecule has 5 nitrogen and oxygen atoms in total. The molecule has 2 aliphatic heterocycles. The maximum Gasteiger partial charge on any atom is 0.123 e. The Morgan fingerprint density at radius 3 is 2.29 bits per heavy atom. The van der Waals surface area contributed by atoms with Gasteiger partial charge in [0.2, 0.25) is 0 Å². The molecule has 2 aliphatic rings. The number of piperidine rings is 1. The van der Waals surface area contributed by atoms with Crippen molar-refractivity contribution in [2.24, 2.45) is 5.73 Å². The van der Waals surface area contributed by atoms with Crippen LogP contribution in [-0.2, 0) is 5.41 Å². The third kappa shape index (κ3) is 4.33. The van der Waals surface area contributed by atoms with E-state index < -0.39 is 0 Å². The van der Waals surface area contributed by atoms with E-state index in [1.807, 2.05) is 23.3 Å². The van der Waals surface area contributed by atoms with Crippen LogP contribution in [0.4, 0.5) is 10.1 Å². The van der Waals surface area contributed by atoms with Crippen molar-refractivity contribution in [1.82, 2.24) is 10.3 Å². The summed E-state index contributed by atoms with van der Waals surface area (Å²) in [5.41, 5.74) is 14.8. The summed E-state index contributed by atoms with van der Waals surface area (Å²) < 4.78 is 13.6. The van der Waals surface area contributed by atoms with Gasteiger partial charge < -0.3 is 15.7 Å². The minimum atomic E-state index is -0.275. The normalized spacial score (nSPS) is 17.5. The van der Waals surface area contributed by atoms with Gasteiger partial charge in [-0.2, -0.15) is 0 Å². The number of benzene rings is 2. The van der Waals surface area contributed by atoms with Crippen LogP contribution in [-0.4, -0.2) is 23.1 Å². The van der Waals surface area contributed by atoms with E-state index in [0.29, 0.717) is 5.70 Å². The van der Waals surface area contributed by atoms with E-state index in [1.54, 1.807) is 18.2 Å². The summed E-state index contributed by atoms with van der Waals surface area (Å²) in [6.07, 6.45) is 5.32. The number of aromatic hydroxyl groups is 1. The van der Waals surface area contributed by atoms with Crippen LogP contribution < -0.4 is 16.2 Å². The van der Waals surface area contributed by atoms with Gasteiger partial charge in [0.05, 0.1) is 29.0 Å². The molecule has 0 aliphatic carbocycles. The lowest BCUT2D eigenvalue weighted by Gasteiger charge is -2.38. The van der Waals surface area contributed by atoms with Gasteiger partial charge in [-0.25, -0.2) is 4.39 Å². The van der Waals surface area contributed by atoms with Crippen molar-refractivity contribution in [3.05, 3.63) is 77.0 Å². The zero-order valence-corrected chi connectivity index (χ0v) is 18.5. The quantitative estimate of drug-likeness (QED) is 0.663. The number of hydrazine groups is 1. The molecule has 0 amide bonds. The van der Waals surface area contributed by atoms with Crippen molar-refractivity contribution in [3.8, 4) is 5.75 Å². The van der Waals surface area contributed by atoms with Crippen LogP contribution in [0.1, 0.15) is 51.2 Å². The fourth-order valence-electron chi connectivity index (χ4n) is 4.27. The second kappa shape index (κ2) is 8.17. The molecule has 0 atom stereocenters. The number of nitrogens with zero attached hydrogens (tertiary/aromatic N) is 2. The highest BCUT2D eigenvalue weighted by Gasteiger charge is 2.27. The fourth-order valence-corrected chi connectivity index (χ4v) is 4.27. The first kappa shape index (κ1) is 21.1. The molecule has 2 aromatic rings. The van der Waals surface area contributed by atoms with Gasteiger partial charge in [-0.15, -0.1) is 0 Å². The van der Waals surface area contributed by atoms with Crippen molar-refractivity contribution >= 4 is 11.4 Å². The van der Waals surface area contributed by atoms with Crippen LogP contribution in [0.3, 0.4) is 0 Å². The predicted molar refractivity (Wildman–Crippen MR) is 123 cm³/mol. The second-order valence-electron chi connectivity index (χ2n) is 9.30. The van der Waals surface area contributed by atoms with Crippen LogP contribution in [0.5, 0.6) is 5.75 Å². The molecular formula is C25H31FN4O. The van der Waals surface area contributed by atoms with Crippen LogP contribution in [0.2, 0.25) is 0 Å². The molecule has 31 heavy (non-hydrogen) atoms. The molecule has 1 saturated heterocycles. The van der Waals surface area contributed by atoms with Crippen molar-refractivity contribution in [1.29, 1.82) is 0 Å². The van der Waals surface area contributed by atoms with Crippen LogP contribution in [0.25, 0.3) is 5.70 Å². The molecule has 0 spiro atoms. The number of likely N-dealkylation sites (tertiary alicyclic amines) is 1.